The Morgan fingerprint density at radius 3 is 3.05 bits per heavy atom. The van der Waals surface area contributed by atoms with E-state index in [9.17, 15) is 10.1 Å². The molecule has 0 spiro atoms. The summed E-state index contributed by atoms with van der Waals surface area (Å²) in [6, 6.07) is 6.21. The Bertz CT molecular complexity index is 713. The number of rotatable bonds is 7. The Labute approximate surface area is 134 Å². The van der Waals surface area contributed by atoms with Crippen molar-refractivity contribution < 1.29 is 9.66 Å². The summed E-state index contributed by atoms with van der Waals surface area (Å²) in [4.78, 5) is 11.0. The van der Waals surface area contributed by atoms with Crippen LogP contribution < -0.4 is 5.32 Å². The Balaban J connectivity index is 2.14. The quantitative estimate of drug-likeness (QED) is 0.466. The van der Waals surface area contributed by atoms with Crippen molar-refractivity contribution >= 4 is 33.9 Å². The van der Waals surface area contributed by atoms with Gasteiger partial charge in [-0.05, 0) is 23.9 Å². The number of nitrogens with one attached hydrogen (secondary N) is 1. The molecular weight excluding hydrogens is 326 g/mol. The van der Waals surface area contributed by atoms with Crippen molar-refractivity contribution in [2.24, 2.45) is 0 Å². The highest BCUT2D eigenvalue weighted by Crippen LogP contribution is 2.37. The first-order valence-corrected chi connectivity index (χ1v) is 7.70. The first-order chi connectivity index (χ1) is 10.6. The van der Waals surface area contributed by atoms with Crippen LogP contribution in [-0.4, -0.2) is 35.4 Å². The molecule has 0 aliphatic heterocycles. The molecule has 114 valence electrons. The molecule has 0 amide bonds. The zero-order chi connectivity index (χ0) is 15.9. The summed E-state index contributed by atoms with van der Waals surface area (Å²) in [5, 5.41) is 31.5. The zero-order valence-corrected chi connectivity index (χ0v) is 13.1. The lowest BCUT2D eigenvalue weighted by molar-refractivity contribution is -0.387. The van der Waals surface area contributed by atoms with E-state index in [0.717, 1.165) is 11.8 Å². The molecule has 0 saturated carbocycles. The highest BCUT2D eigenvalue weighted by atomic mass is 32.2. The van der Waals surface area contributed by atoms with Gasteiger partial charge in [-0.15, -0.1) is 10.2 Å². The molecule has 0 saturated heterocycles. The number of benzene rings is 1. The van der Waals surface area contributed by atoms with Gasteiger partial charge in [0.2, 0.25) is 5.13 Å². The molecular formula is C12H11N5O3S2. The Hall–Kier alpha value is -2.22. The van der Waals surface area contributed by atoms with Gasteiger partial charge >= 0.3 is 0 Å². The van der Waals surface area contributed by atoms with Crippen LogP contribution in [-0.2, 0) is 4.74 Å². The zero-order valence-electron chi connectivity index (χ0n) is 11.5. The van der Waals surface area contributed by atoms with Crippen LogP contribution in [0.2, 0.25) is 0 Å². The fourth-order valence-corrected chi connectivity index (χ4v) is 3.31. The van der Waals surface area contributed by atoms with Crippen LogP contribution in [0.5, 0.6) is 0 Å². The number of hydrogen-bond acceptors (Lipinski definition) is 9. The highest BCUT2D eigenvalue weighted by Gasteiger charge is 2.17. The average Bonchev–Trinajstić information content (AvgIpc) is 2.95. The molecule has 0 radical (unpaired) electrons. The second kappa shape index (κ2) is 7.69. The summed E-state index contributed by atoms with van der Waals surface area (Å²) in [7, 11) is 1.60. The van der Waals surface area contributed by atoms with Crippen LogP contribution in [0.4, 0.5) is 10.8 Å². The van der Waals surface area contributed by atoms with Gasteiger partial charge in [0.15, 0.2) is 4.34 Å². The van der Waals surface area contributed by atoms with Gasteiger partial charge in [0, 0.05) is 19.7 Å². The van der Waals surface area contributed by atoms with Gasteiger partial charge in [-0.2, -0.15) is 5.26 Å². The van der Waals surface area contributed by atoms with Crippen LogP contribution in [0.1, 0.15) is 5.56 Å². The molecule has 0 unspecified atom stereocenters. The van der Waals surface area contributed by atoms with E-state index in [0.29, 0.717) is 27.5 Å². The lowest BCUT2D eigenvalue weighted by Gasteiger charge is -2.00. The molecule has 8 nitrogen and oxygen atoms in total. The van der Waals surface area contributed by atoms with Gasteiger partial charge in [-0.3, -0.25) is 10.1 Å². The van der Waals surface area contributed by atoms with E-state index in [1.807, 2.05) is 6.07 Å². The maximum absolute atomic E-state index is 11.1. The number of aromatic nitrogens is 2. The van der Waals surface area contributed by atoms with E-state index < -0.39 is 4.92 Å². The third-order valence-corrected chi connectivity index (χ3v) is 4.47. The van der Waals surface area contributed by atoms with Gasteiger partial charge in [0.1, 0.15) is 0 Å². The van der Waals surface area contributed by atoms with E-state index in [2.05, 4.69) is 15.5 Å². The number of nitrogens with zero attached hydrogens (tertiary/aromatic N) is 4. The molecule has 22 heavy (non-hydrogen) atoms. The fourth-order valence-electron chi connectivity index (χ4n) is 1.49. The Morgan fingerprint density at radius 1 is 1.55 bits per heavy atom. The highest BCUT2D eigenvalue weighted by molar-refractivity contribution is 8.01. The minimum atomic E-state index is -0.512. The number of hydrogen-bond donors (Lipinski definition) is 1. The smallest absolute Gasteiger partial charge is 0.284 e. The third kappa shape index (κ3) is 4.14. The van der Waals surface area contributed by atoms with E-state index >= 15 is 0 Å². The summed E-state index contributed by atoms with van der Waals surface area (Å²) >= 11 is 2.44. The Kier molecular flexibility index (Phi) is 5.65. The van der Waals surface area contributed by atoms with Crippen LogP contribution in [0.15, 0.2) is 27.4 Å². The minimum absolute atomic E-state index is 0.117. The number of methoxy groups -OCH3 is 1. The molecule has 10 heteroatoms. The molecule has 1 heterocycles. The van der Waals surface area contributed by atoms with Crippen molar-refractivity contribution in [3.8, 4) is 6.07 Å². The Morgan fingerprint density at radius 2 is 2.36 bits per heavy atom. The largest absolute Gasteiger partial charge is 0.383 e. The summed E-state index contributed by atoms with van der Waals surface area (Å²) < 4.78 is 5.49. The second-order valence-electron chi connectivity index (χ2n) is 3.95. The van der Waals surface area contributed by atoms with Gasteiger partial charge < -0.3 is 10.1 Å². The lowest BCUT2D eigenvalue weighted by atomic mass is 10.2. The van der Waals surface area contributed by atoms with Crippen LogP contribution in [0.3, 0.4) is 0 Å². The van der Waals surface area contributed by atoms with Crippen molar-refractivity contribution in [3.63, 3.8) is 0 Å². The number of nitro groups is 1. The first kappa shape index (κ1) is 16.2. The molecule has 2 rings (SSSR count). The monoisotopic (exact) mass is 337 g/mol. The molecule has 1 aromatic carbocycles. The first-order valence-electron chi connectivity index (χ1n) is 6.06. The summed E-state index contributed by atoms with van der Waals surface area (Å²) in [5.41, 5.74) is 0.128. The van der Waals surface area contributed by atoms with E-state index in [4.69, 9.17) is 10.00 Å². The fraction of sp³-hybridized carbons (Fsp3) is 0.250. The van der Waals surface area contributed by atoms with Crippen molar-refractivity contribution in [3.05, 3.63) is 33.9 Å². The number of nitro benzene ring substituents is 1. The van der Waals surface area contributed by atoms with Gasteiger partial charge in [-0.1, -0.05) is 11.3 Å². The molecule has 0 aliphatic rings. The van der Waals surface area contributed by atoms with Gasteiger partial charge in [0.05, 0.1) is 28.1 Å². The van der Waals surface area contributed by atoms with Crippen molar-refractivity contribution in [2.75, 3.05) is 25.6 Å². The predicted molar refractivity (Wildman–Crippen MR) is 82.2 cm³/mol. The minimum Gasteiger partial charge on any atom is -0.383 e. The third-order valence-electron chi connectivity index (χ3n) is 2.47. The molecule has 0 atom stereocenters. The standard InChI is InChI=1S/C12H11N5O3S2/c1-20-5-4-14-11-15-16-12(22-11)21-10-3-2-8(7-13)6-9(10)17(18)19/h2-3,6H,4-5H2,1H3,(H,14,15). The van der Waals surface area contributed by atoms with Crippen molar-refractivity contribution in [1.29, 1.82) is 5.26 Å². The summed E-state index contributed by atoms with van der Waals surface area (Å²) in [6.07, 6.45) is 0. The summed E-state index contributed by atoms with van der Waals surface area (Å²) in [6.45, 7) is 1.15. The SMILES string of the molecule is COCCNc1nnc(Sc2ccc(C#N)cc2[N+](=O)[O-])s1. The van der Waals surface area contributed by atoms with E-state index in [1.165, 1.54) is 23.5 Å². The van der Waals surface area contributed by atoms with E-state index in [-0.39, 0.29) is 11.3 Å². The molecule has 0 bridgehead atoms. The average molecular weight is 337 g/mol. The molecule has 2 aromatic rings. The predicted octanol–water partition coefficient (Wildman–Crippen LogP) is 2.53. The number of ether oxygens (including phenoxy) is 1. The lowest BCUT2D eigenvalue weighted by Crippen LogP contribution is -2.06. The molecule has 0 aliphatic carbocycles. The topological polar surface area (TPSA) is 114 Å². The van der Waals surface area contributed by atoms with Crippen molar-refractivity contribution in [1.82, 2.24) is 10.2 Å². The van der Waals surface area contributed by atoms with Gasteiger partial charge in [0.25, 0.3) is 5.69 Å². The maximum Gasteiger partial charge on any atom is 0.284 e. The van der Waals surface area contributed by atoms with Crippen LogP contribution in [0.25, 0.3) is 0 Å². The van der Waals surface area contributed by atoms with Crippen LogP contribution >= 0.6 is 23.1 Å². The van der Waals surface area contributed by atoms with Crippen molar-refractivity contribution in [2.45, 2.75) is 9.24 Å². The van der Waals surface area contributed by atoms with Gasteiger partial charge in [-0.25, -0.2) is 0 Å². The normalized spacial score (nSPS) is 10.2. The van der Waals surface area contributed by atoms with Crippen LogP contribution in [0, 0.1) is 21.4 Å². The van der Waals surface area contributed by atoms with E-state index in [1.54, 1.807) is 13.2 Å². The number of nitriles is 1. The molecule has 1 N–H and O–H groups in total. The second-order valence-corrected chi connectivity index (χ2v) is 6.21. The molecule has 0 fully saturated rings. The maximum atomic E-state index is 11.1. The molecule has 1 aromatic heterocycles. The summed E-state index contributed by atoms with van der Waals surface area (Å²) in [5.74, 6) is 0. The number of anilines is 1.